The standard InChI is InChI=1S/C19H13Cl2N5O2/c1-9(27)24-15-7-13-10(8-23-15)4-5-26-17(18(22)28)16(25-19(13)26)12-3-2-11(20)6-14(12)21/h2-8H,1H3,(H2,22,28)(H,23,24,27). The van der Waals surface area contributed by atoms with Crippen LogP contribution in [0.5, 0.6) is 0 Å². The number of primary amides is 1. The van der Waals surface area contributed by atoms with Crippen LogP contribution in [-0.4, -0.2) is 26.2 Å². The summed E-state index contributed by atoms with van der Waals surface area (Å²) in [4.78, 5) is 32.4. The molecule has 0 saturated heterocycles. The lowest BCUT2D eigenvalue weighted by Crippen LogP contribution is -2.15. The Labute approximate surface area is 169 Å². The van der Waals surface area contributed by atoms with Crippen molar-refractivity contribution in [2.45, 2.75) is 6.92 Å². The molecule has 7 nitrogen and oxygen atoms in total. The van der Waals surface area contributed by atoms with Gasteiger partial charge in [0.25, 0.3) is 5.91 Å². The highest BCUT2D eigenvalue weighted by atomic mass is 35.5. The van der Waals surface area contributed by atoms with Crippen molar-refractivity contribution in [2.75, 3.05) is 5.32 Å². The highest BCUT2D eigenvalue weighted by molar-refractivity contribution is 6.36. The topological polar surface area (TPSA) is 102 Å². The highest BCUT2D eigenvalue weighted by Gasteiger charge is 2.22. The van der Waals surface area contributed by atoms with Gasteiger partial charge < -0.3 is 11.1 Å². The van der Waals surface area contributed by atoms with E-state index in [1.165, 1.54) is 6.92 Å². The number of benzene rings is 1. The highest BCUT2D eigenvalue weighted by Crippen LogP contribution is 2.34. The fraction of sp³-hybridized carbons (Fsp3) is 0.0526. The number of imidazole rings is 1. The van der Waals surface area contributed by atoms with E-state index in [0.29, 0.717) is 38.2 Å². The Morgan fingerprint density at radius 1 is 1.18 bits per heavy atom. The van der Waals surface area contributed by atoms with Crippen LogP contribution in [0.25, 0.3) is 27.7 Å². The first-order valence-corrected chi connectivity index (χ1v) is 8.94. The molecule has 0 bridgehead atoms. The van der Waals surface area contributed by atoms with Crippen LogP contribution in [0.1, 0.15) is 17.4 Å². The maximum absolute atomic E-state index is 12.2. The third kappa shape index (κ3) is 3.04. The average molecular weight is 414 g/mol. The Balaban J connectivity index is 2.05. The molecule has 0 fully saturated rings. The second-order valence-corrected chi connectivity index (χ2v) is 6.99. The molecule has 0 radical (unpaired) electrons. The second kappa shape index (κ2) is 6.78. The molecule has 4 aromatic rings. The van der Waals surface area contributed by atoms with E-state index >= 15 is 0 Å². The smallest absolute Gasteiger partial charge is 0.268 e. The number of pyridine rings is 2. The minimum Gasteiger partial charge on any atom is -0.364 e. The molecule has 0 saturated carbocycles. The quantitative estimate of drug-likeness (QED) is 0.531. The van der Waals surface area contributed by atoms with Gasteiger partial charge in [-0.25, -0.2) is 9.97 Å². The van der Waals surface area contributed by atoms with E-state index in [-0.39, 0.29) is 11.6 Å². The molecule has 0 aliphatic carbocycles. The average Bonchev–Trinajstić information content (AvgIpc) is 3.01. The Bertz CT molecular complexity index is 1280. The summed E-state index contributed by atoms with van der Waals surface area (Å²) in [6.07, 6.45) is 3.31. The number of halogens is 2. The molecule has 9 heteroatoms. The van der Waals surface area contributed by atoms with Gasteiger partial charge in [0.2, 0.25) is 5.91 Å². The number of nitrogens with zero attached hydrogens (tertiary/aromatic N) is 3. The van der Waals surface area contributed by atoms with Gasteiger partial charge in [-0.05, 0) is 30.3 Å². The van der Waals surface area contributed by atoms with Gasteiger partial charge in [-0.3, -0.25) is 14.0 Å². The Kier molecular flexibility index (Phi) is 4.41. The number of amides is 2. The van der Waals surface area contributed by atoms with E-state index in [1.54, 1.807) is 47.1 Å². The van der Waals surface area contributed by atoms with Crippen molar-refractivity contribution in [3.8, 4) is 11.3 Å². The number of nitrogens with two attached hydrogens (primary N) is 1. The zero-order valence-corrected chi connectivity index (χ0v) is 16.0. The summed E-state index contributed by atoms with van der Waals surface area (Å²) < 4.78 is 1.60. The number of rotatable bonds is 3. The van der Waals surface area contributed by atoms with Gasteiger partial charge in [0.1, 0.15) is 22.9 Å². The maximum Gasteiger partial charge on any atom is 0.268 e. The van der Waals surface area contributed by atoms with E-state index in [0.717, 1.165) is 5.39 Å². The van der Waals surface area contributed by atoms with Gasteiger partial charge in [0, 0.05) is 40.7 Å². The van der Waals surface area contributed by atoms with Crippen molar-refractivity contribution >= 4 is 57.3 Å². The third-order valence-corrected chi connectivity index (χ3v) is 4.76. The number of hydrogen-bond donors (Lipinski definition) is 2. The molecule has 3 aromatic heterocycles. The predicted molar refractivity (Wildman–Crippen MR) is 109 cm³/mol. The van der Waals surface area contributed by atoms with Crippen LogP contribution < -0.4 is 11.1 Å². The minimum absolute atomic E-state index is 0.194. The van der Waals surface area contributed by atoms with Gasteiger partial charge in [-0.2, -0.15) is 0 Å². The number of fused-ring (bicyclic) bond motifs is 3. The number of anilines is 1. The Morgan fingerprint density at radius 3 is 2.64 bits per heavy atom. The first kappa shape index (κ1) is 18.2. The van der Waals surface area contributed by atoms with Gasteiger partial charge in [0.15, 0.2) is 0 Å². The van der Waals surface area contributed by atoms with E-state index < -0.39 is 5.91 Å². The summed E-state index contributed by atoms with van der Waals surface area (Å²) in [6.45, 7) is 1.40. The Hall–Kier alpha value is -3.16. The fourth-order valence-electron chi connectivity index (χ4n) is 3.07. The molecular formula is C19H13Cl2N5O2. The fourth-order valence-corrected chi connectivity index (χ4v) is 3.57. The molecule has 4 rings (SSSR count). The number of nitrogens with one attached hydrogen (secondary N) is 1. The van der Waals surface area contributed by atoms with Crippen LogP contribution in [0.2, 0.25) is 10.0 Å². The number of hydrogen-bond acceptors (Lipinski definition) is 4. The molecule has 0 spiro atoms. The van der Waals surface area contributed by atoms with Crippen molar-refractivity contribution in [3.63, 3.8) is 0 Å². The minimum atomic E-state index is -0.649. The molecule has 140 valence electrons. The van der Waals surface area contributed by atoms with Gasteiger partial charge in [-0.1, -0.05) is 23.2 Å². The van der Waals surface area contributed by atoms with Crippen LogP contribution >= 0.6 is 23.2 Å². The molecule has 3 heterocycles. The molecule has 2 amide bonds. The molecule has 0 aliphatic rings. The largest absolute Gasteiger partial charge is 0.364 e. The van der Waals surface area contributed by atoms with E-state index in [4.69, 9.17) is 28.9 Å². The molecule has 1 aromatic carbocycles. The van der Waals surface area contributed by atoms with Crippen LogP contribution in [0.3, 0.4) is 0 Å². The predicted octanol–water partition coefficient (Wildman–Crippen LogP) is 3.91. The number of carbonyl (C=O) groups excluding carboxylic acids is 2. The van der Waals surface area contributed by atoms with Crippen molar-refractivity contribution in [3.05, 3.63) is 58.5 Å². The molecule has 28 heavy (non-hydrogen) atoms. The summed E-state index contributed by atoms with van der Waals surface area (Å²) in [7, 11) is 0. The number of carbonyl (C=O) groups is 2. The molecule has 0 unspecified atom stereocenters. The van der Waals surface area contributed by atoms with Gasteiger partial charge in [-0.15, -0.1) is 0 Å². The van der Waals surface area contributed by atoms with E-state index in [2.05, 4.69) is 15.3 Å². The summed E-state index contributed by atoms with van der Waals surface area (Å²) in [5.41, 5.74) is 7.21. The van der Waals surface area contributed by atoms with Crippen molar-refractivity contribution in [1.29, 1.82) is 0 Å². The Morgan fingerprint density at radius 2 is 1.96 bits per heavy atom. The van der Waals surface area contributed by atoms with Gasteiger partial charge in [0.05, 0.1) is 5.02 Å². The van der Waals surface area contributed by atoms with Crippen molar-refractivity contribution in [1.82, 2.24) is 14.4 Å². The SMILES string of the molecule is CC(=O)Nc1cc2c(ccn3c(C(N)=O)c(-c4ccc(Cl)cc4Cl)nc23)cn1. The maximum atomic E-state index is 12.2. The van der Waals surface area contributed by atoms with E-state index in [9.17, 15) is 9.59 Å². The molecule has 0 atom stereocenters. The molecular weight excluding hydrogens is 401 g/mol. The monoisotopic (exact) mass is 413 g/mol. The van der Waals surface area contributed by atoms with Gasteiger partial charge >= 0.3 is 0 Å². The zero-order valence-electron chi connectivity index (χ0n) is 14.5. The zero-order chi connectivity index (χ0) is 20.0. The lowest BCUT2D eigenvalue weighted by molar-refractivity contribution is -0.114. The number of aromatic nitrogens is 3. The molecule has 0 aliphatic heterocycles. The van der Waals surface area contributed by atoms with Crippen molar-refractivity contribution in [2.24, 2.45) is 5.73 Å². The normalized spacial score (nSPS) is 11.1. The van der Waals surface area contributed by atoms with Crippen LogP contribution in [0.4, 0.5) is 5.82 Å². The van der Waals surface area contributed by atoms with Crippen LogP contribution in [0, 0.1) is 0 Å². The van der Waals surface area contributed by atoms with Crippen LogP contribution in [0.15, 0.2) is 42.7 Å². The lowest BCUT2D eigenvalue weighted by atomic mass is 10.1. The summed E-state index contributed by atoms with van der Waals surface area (Å²) in [6, 6.07) is 8.40. The van der Waals surface area contributed by atoms with Crippen LogP contribution in [-0.2, 0) is 4.79 Å². The second-order valence-electron chi connectivity index (χ2n) is 6.14. The summed E-state index contributed by atoms with van der Waals surface area (Å²) in [5, 5.41) is 4.94. The summed E-state index contributed by atoms with van der Waals surface area (Å²) >= 11 is 12.3. The summed E-state index contributed by atoms with van der Waals surface area (Å²) in [5.74, 6) is -0.514. The van der Waals surface area contributed by atoms with Crippen molar-refractivity contribution < 1.29 is 9.59 Å². The third-order valence-electron chi connectivity index (χ3n) is 4.21. The lowest BCUT2D eigenvalue weighted by Gasteiger charge is -2.05. The first-order valence-electron chi connectivity index (χ1n) is 8.19. The van der Waals surface area contributed by atoms with E-state index in [1.807, 2.05) is 0 Å². The first-order chi connectivity index (χ1) is 13.3. The molecule has 3 N–H and O–H groups in total.